The molecule has 2 heteroatoms. The van der Waals surface area contributed by atoms with Gasteiger partial charge in [-0.15, -0.1) is 0 Å². The Morgan fingerprint density at radius 1 is 1.31 bits per heavy atom. The van der Waals surface area contributed by atoms with Crippen LogP contribution in [0.5, 0.6) is 0 Å². The molecule has 0 spiro atoms. The zero-order valence-electron chi connectivity index (χ0n) is 7.76. The van der Waals surface area contributed by atoms with Crippen LogP contribution < -0.4 is 0 Å². The van der Waals surface area contributed by atoms with Crippen molar-refractivity contribution in [1.82, 2.24) is 4.98 Å². The van der Waals surface area contributed by atoms with Crippen LogP contribution in [0.4, 0.5) is 4.39 Å². The second kappa shape index (κ2) is 2.87. The van der Waals surface area contributed by atoms with E-state index in [1.165, 1.54) is 6.07 Å². The van der Waals surface area contributed by atoms with E-state index in [0.29, 0.717) is 5.92 Å². The molecule has 0 fully saturated rings. The van der Waals surface area contributed by atoms with E-state index in [1.54, 1.807) is 6.07 Å². The number of hydrogen-bond donors (Lipinski definition) is 1. The predicted molar refractivity (Wildman–Crippen MR) is 52.3 cm³/mol. The number of H-pyrrole nitrogens is 1. The number of rotatable bonds is 1. The molecular formula is C11H12FN. The molecule has 0 saturated heterocycles. The van der Waals surface area contributed by atoms with Crippen molar-refractivity contribution in [2.45, 2.75) is 19.8 Å². The maximum atomic E-state index is 13.1. The monoisotopic (exact) mass is 177 g/mol. The lowest BCUT2D eigenvalue weighted by molar-refractivity contribution is 0.625. The lowest BCUT2D eigenvalue weighted by Gasteiger charge is -2.06. The van der Waals surface area contributed by atoms with Crippen molar-refractivity contribution >= 4 is 10.9 Å². The summed E-state index contributed by atoms with van der Waals surface area (Å²) < 4.78 is 13.1. The lowest BCUT2D eigenvalue weighted by atomic mass is 9.99. The third-order valence-electron chi connectivity index (χ3n) is 2.29. The minimum absolute atomic E-state index is 0.168. The molecule has 1 heterocycles. The first-order chi connectivity index (χ1) is 6.18. The maximum absolute atomic E-state index is 13.1. The van der Waals surface area contributed by atoms with E-state index in [4.69, 9.17) is 0 Å². The fourth-order valence-electron chi connectivity index (χ4n) is 1.64. The van der Waals surface area contributed by atoms with Crippen molar-refractivity contribution in [3.8, 4) is 0 Å². The minimum atomic E-state index is -0.168. The first-order valence-corrected chi connectivity index (χ1v) is 4.45. The Morgan fingerprint density at radius 2 is 2.08 bits per heavy atom. The van der Waals surface area contributed by atoms with Gasteiger partial charge in [-0.1, -0.05) is 13.8 Å². The summed E-state index contributed by atoms with van der Waals surface area (Å²) in [5.74, 6) is 0.188. The average molecular weight is 177 g/mol. The number of aromatic amines is 1. The highest BCUT2D eigenvalue weighted by atomic mass is 19.1. The van der Waals surface area contributed by atoms with E-state index in [-0.39, 0.29) is 5.82 Å². The fourth-order valence-corrected chi connectivity index (χ4v) is 1.64. The molecule has 0 radical (unpaired) electrons. The predicted octanol–water partition coefficient (Wildman–Crippen LogP) is 3.43. The second-order valence-corrected chi connectivity index (χ2v) is 3.59. The summed E-state index contributed by atoms with van der Waals surface area (Å²) in [4.78, 5) is 3.02. The summed E-state index contributed by atoms with van der Waals surface area (Å²) in [5.41, 5.74) is 1.94. The number of benzene rings is 1. The molecule has 0 aliphatic heterocycles. The van der Waals surface area contributed by atoms with Crippen molar-refractivity contribution in [3.05, 3.63) is 35.8 Å². The molecule has 1 aromatic carbocycles. The van der Waals surface area contributed by atoms with E-state index in [1.807, 2.05) is 12.3 Å². The largest absolute Gasteiger partial charge is 0.361 e. The second-order valence-electron chi connectivity index (χ2n) is 3.59. The molecule has 2 rings (SSSR count). The van der Waals surface area contributed by atoms with Crippen LogP contribution in [0.2, 0.25) is 0 Å². The van der Waals surface area contributed by atoms with Gasteiger partial charge in [0.15, 0.2) is 0 Å². The van der Waals surface area contributed by atoms with Gasteiger partial charge >= 0.3 is 0 Å². The smallest absolute Gasteiger partial charge is 0.125 e. The normalized spacial score (nSPS) is 11.4. The SMILES string of the molecule is CC(C)c1cc(F)cc2[nH]ccc12. The van der Waals surface area contributed by atoms with Gasteiger partial charge in [0, 0.05) is 17.1 Å². The van der Waals surface area contributed by atoms with E-state index < -0.39 is 0 Å². The zero-order chi connectivity index (χ0) is 9.42. The highest BCUT2D eigenvalue weighted by Gasteiger charge is 2.07. The van der Waals surface area contributed by atoms with Gasteiger partial charge in [-0.25, -0.2) is 4.39 Å². The van der Waals surface area contributed by atoms with Gasteiger partial charge in [0.1, 0.15) is 5.82 Å². The first kappa shape index (κ1) is 8.30. The Morgan fingerprint density at radius 3 is 2.77 bits per heavy atom. The molecule has 1 nitrogen and oxygen atoms in total. The topological polar surface area (TPSA) is 15.8 Å². The first-order valence-electron chi connectivity index (χ1n) is 4.45. The van der Waals surface area contributed by atoms with Crippen LogP contribution in [0.1, 0.15) is 25.3 Å². The zero-order valence-corrected chi connectivity index (χ0v) is 7.76. The van der Waals surface area contributed by atoms with Gasteiger partial charge in [0.05, 0.1) is 0 Å². The highest BCUT2D eigenvalue weighted by molar-refractivity contribution is 5.83. The summed E-state index contributed by atoms with van der Waals surface area (Å²) in [5, 5.41) is 1.12. The van der Waals surface area contributed by atoms with Crippen LogP contribution in [-0.4, -0.2) is 4.98 Å². The Bertz CT molecular complexity index is 429. The highest BCUT2D eigenvalue weighted by Crippen LogP contribution is 2.25. The van der Waals surface area contributed by atoms with Crippen molar-refractivity contribution in [3.63, 3.8) is 0 Å². The molecular weight excluding hydrogens is 165 g/mol. The Hall–Kier alpha value is -1.31. The molecule has 2 aromatic rings. The van der Waals surface area contributed by atoms with Gasteiger partial charge in [-0.05, 0) is 29.7 Å². The van der Waals surface area contributed by atoms with E-state index >= 15 is 0 Å². The van der Waals surface area contributed by atoms with E-state index in [0.717, 1.165) is 16.5 Å². The van der Waals surface area contributed by atoms with Crippen LogP contribution in [0.25, 0.3) is 10.9 Å². The van der Waals surface area contributed by atoms with Gasteiger partial charge in [-0.2, -0.15) is 0 Å². The van der Waals surface area contributed by atoms with Crippen LogP contribution in [0.3, 0.4) is 0 Å². The quantitative estimate of drug-likeness (QED) is 0.686. The van der Waals surface area contributed by atoms with Crippen LogP contribution >= 0.6 is 0 Å². The third-order valence-corrected chi connectivity index (χ3v) is 2.29. The molecule has 0 bridgehead atoms. The molecule has 0 aliphatic rings. The number of fused-ring (bicyclic) bond motifs is 1. The molecule has 0 aliphatic carbocycles. The third kappa shape index (κ3) is 1.32. The Labute approximate surface area is 76.6 Å². The summed E-state index contributed by atoms with van der Waals surface area (Å²) in [6.45, 7) is 4.14. The lowest BCUT2D eigenvalue weighted by Crippen LogP contribution is -1.89. The van der Waals surface area contributed by atoms with Gasteiger partial charge < -0.3 is 4.98 Å². The standard InChI is InChI=1S/C11H12FN/c1-7(2)10-5-8(12)6-11-9(10)3-4-13-11/h3-7,13H,1-2H3. The molecule has 68 valence electrons. The summed E-state index contributed by atoms with van der Waals surface area (Å²) in [7, 11) is 0. The number of aromatic nitrogens is 1. The average Bonchev–Trinajstić information content (AvgIpc) is 2.49. The molecule has 1 aromatic heterocycles. The summed E-state index contributed by atoms with van der Waals surface area (Å²) >= 11 is 0. The molecule has 0 saturated carbocycles. The molecule has 0 unspecified atom stereocenters. The number of nitrogens with one attached hydrogen (secondary N) is 1. The Balaban J connectivity index is 2.77. The summed E-state index contributed by atoms with van der Waals surface area (Å²) in [6, 6.07) is 5.13. The van der Waals surface area contributed by atoms with Crippen LogP contribution in [-0.2, 0) is 0 Å². The Kier molecular flexibility index (Phi) is 1.83. The summed E-state index contributed by atoms with van der Waals surface area (Å²) in [6.07, 6.45) is 1.84. The van der Waals surface area contributed by atoms with Crippen molar-refractivity contribution in [2.24, 2.45) is 0 Å². The van der Waals surface area contributed by atoms with E-state index in [9.17, 15) is 4.39 Å². The van der Waals surface area contributed by atoms with Crippen molar-refractivity contribution in [1.29, 1.82) is 0 Å². The maximum Gasteiger partial charge on any atom is 0.125 e. The van der Waals surface area contributed by atoms with Crippen molar-refractivity contribution < 1.29 is 4.39 Å². The van der Waals surface area contributed by atoms with Gasteiger partial charge in [0.2, 0.25) is 0 Å². The fraction of sp³-hybridized carbons (Fsp3) is 0.273. The number of halogens is 1. The van der Waals surface area contributed by atoms with Gasteiger partial charge in [0.25, 0.3) is 0 Å². The number of hydrogen-bond acceptors (Lipinski definition) is 0. The van der Waals surface area contributed by atoms with Crippen LogP contribution in [0, 0.1) is 5.82 Å². The molecule has 0 amide bonds. The molecule has 13 heavy (non-hydrogen) atoms. The van der Waals surface area contributed by atoms with E-state index in [2.05, 4.69) is 18.8 Å². The molecule has 1 N–H and O–H groups in total. The van der Waals surface area contributed by atoms with Crippen LogP contribution in [0.15, 0.2) is 24.4 Å². The van der Waals surface area contributed by atoms with Crippen molar-refractivity contribution in [2.75, 3.05) is 0 Å². The molecule has 0 atom stereocenters. The van der Waals surface area contributed by atoms with Gasteiger partial charge in [-0.3, -0.25) is 0 Å². The minimum Gasteiger partial charge on any atom is -0.361 e.